The minimum Gasteiger partial charge on any atom is -0.494 e. The van der Waals surface area contributed by atoms with Crippen molar-refractivity contribution in [2.24, 2.45) is 0 Å². The van der Waals surface area contributed by atoms with Gasteiger partial charge in [0.25, 0.3) is 5.91 Å². The second kappa shape index (κ2) is 6.39. The normalized spacial score (nSPS) is 10.3. The number of carbonyl (C=O) groups is 1. The van der Waals surface area contributed by atoms with Crippen LogP contribution in [0.3, 0.4) is 0 Å². The maximum atomic E-state index is 13.6. The van der Waals surface area contributed by atoms with E-state index in [-0.39, 0.29) is 11.7 Å². The number of halogens is 1. The minimum atomic E-state index is -0.535. The first kappa shape index (κ1) is 15.0. The highest BCUT2D eigenvalue weighted by Crippen LogP contribution is 2.19. The van der Waals surface area contributed by atoms with Gasteiger partial charge in [0.15, 0.2) is 11.6 Å². The number of methoxy groups -OCH3 is 1. The van der Waals surface area contributed by atoms with Crippen LogP contribution in [0.4, 0.5) is 4.39 Å². The molecule has 0 heterocycles. The van der Waals surface area contributed by atoms with Crippen LogP contribution >= 0.6 is 0 Å². The predicted octanol–water partition coefficient (Wildman–Crippen LogP) is 3.41. The molecule has 0 saturated heterocycles. The highest BCUT2D eigenvalue weighted by atomic mass is 19.1. The molecule has 0 bridgehead atoms. The summed E-state index contributed by atoms with van der Waals surface area (Å²) in [6, 6.07) is 12.2. The third kappa shape index (κ3) is 3.60. The van der Waals surface area contributed by atoms with Crippen molar-refractivity contribution >= 4 is 5.91 Å². The molecule has 0 aliphatic rings. The molecule has 2 aromatic rings. The van der Waals surface area contributed by atoms with Crippen molar-refractivity contribution in [2.45, 2.75) is 13.5 Å². The molecule has 0 aromatic heterocycles. The first-order chi connectivity index (χ1) is 10.0. The first-order valence-electron chi connectivity index (χ1n) is 6.66. The maximum absolute atomic E-state index is 13.6. The zero-order chi connectivity index (χ0) is 15.4. The van der Waals surface area contributed by atoms with Gasteiger partial charge in [-0.3, -0.25) is 4.79 Å². The molecule has 2 rings (SSSR count). The van der Waals surface area contributed by atoms with Gasteiger partial charge < -0.3 is 9.64 Å². The van der Waals surface area contributed by atoms with Crippen LogP contribution in [0.25, 0.3) is 0 Å². The molecule has 0 saturated carbocycles. The van der Waals surface area contributed by atoms with Crippen LogP contribution in [-0.2, 0) is 6.54 Å². The van der Waals surface area contributed by atoms with Gasteiger partial charge in [-0.15, -0.1) is 0 Å². The lowest BCUT2D eigenvalue weighted by Gasteiger charge is -2.18. The first-order valence-corrected chi connectivity index (χ1v) is 6.66. The summed E-state index contributed by atoms with van der Waals surface area (Å²) >= 11 is 0. The number of hydrogen-bond donors (Lipinski definition) is 0. The zero-order valence-electron chi connectivity index (χ0n) is 12.4. The highest BCUT2D eigenvalue weighted by Gasteiger charge is 2.14. The largest absolute Gasteiger partial charge is 0.494 e. The molecule has 1 amide bonds. The van der Waals surface area contributed by atoms with Crippen LogP contribution in [0.1, 0.15) is 21.5 Å². The van der Waals surface area contributed by atoms with Gasteiger partial charge in [-0.2, -0.15) is 0 Å². The summed E-state index contributed by atoms with van der Waals surface area (Å²) in [4.78, 5) is 13.8. The number of ether oxygens (including phenoxy) is 1. The molecule has 3 nitrogen and oxygen atoms in total. The average Bonchev–Trinajstić information content (AvgIpc) is 2.48. The van der Waals surface area contributed by atoms with E-state index < -0.39 is 5.82 Å². The summed E-state index contributed by atoms with van der Waals surface area (Å²) in [5.74, 6) is -0.628. The van der Waals surface area contributed by atoms with Gasteiger partial charge in [0, 0.05) is 19.2 Å². The molecule has 0 aliphatic heterocycles. The van der Waals surface area contributed by atoms with E-state index in [0.717, 1.165) is 5.56 Å². The van der Waals surface area contributed by atoms with Crippen LogP contribution in [-0.4, -0.2) is 25.0 Å². The molecular weight excluding hydrogens is 269 g/mol. The zero-order valence-corrected chi connectivity index (χ0v) is 12.4. The second-order valence-electron chi connectivity index (χ2n) is 5.00. The average molecular weight is 287 g/mol. The Morgan fingerprint density at radius 3 is 2.43 bits per heavy atom. The van der Waals surface area contributed by atoms with Crippen LogP contribution in [0.15, 0.2) is 42.5 Å². The fourth-order valence-electron chi connectivity index (χ4n) is 2.06. The van der Waals surface area contributed by atoms with Crippen molar-refractivity contribution in [2.75, 3.05) is 14.2 Å². The lowest BCUT2D eigenvalue weighted by molar-refractivity contribution is 0.0784. The standard InChI is InChI=1S/C17H18FNO2/c1-12-4-6-13(7-5-12)11-19(2)17(20)14-8-9-16(21-3)15(18)10-14/h4-10H,11H2,1-3H3. The summed E-state index contributed by atoms with van der Waals surface area (Å²) < 4.78 is 18.5. The number of aryl methyl sites for hydroxylation is 1. The van der Waals surface area contributed by atoms with Crippen LogP contribution in [0.2, 0.25) is 0 Å². The van der Waals surface area contributed by atoms with E-state index in [1.165, 1.54) is 24.8 Å². The van der Waals surface area contributed by atoms with E-state index in [2.05, 4.69) is 0 Å². The van der Waals surface area contributed by atoms with Crippen molar-refractivity contribution in [1.82, 2.24) is 4.90 Å². The molecular formula is C17H18FNO2. The molecule has 0 radical (unpaired) electrons. The number of hydrogen-bond acceptors (Lipinski definition) is 2. The third-order valence-electron chi connectivity index (χ3n) is 3.29. The Kier molecular flexibility index (Phi) is 4.58. The van der Waals surface area contributed by atoms with E-state index >= 15 is 0 Å². The van der Waals surface area contributed by atoms with E-state index in [4.69, 9.17) is 4.74 Å². The van der Waals surface area contributed by atoms with Gasteiger partial charge >= 0.3 is 0 Å². The van der Waals surface area contributed by atoms with E-state index in [0.29, 0.717) is 12.1 Å². The molecule has 0 unspecified atom stereocenters. The topological polar surface area (TPSA) is 29.5 Å². The fraction of sp³-hybridized carbons (Fsp3) is 0.235. The Balaban J connectivity index is 2.11. The molecule has 0 N–H and O–H groups in total. The van der Waals surface area contributed by atoms with E-state index in [1.807, 2.05) is 31.2 Å². The molecule has 4 heteroatoms. The Morgan fingerprint density at radius 2 is 1.86 bits per heavy atom. The molecule has 0 fully saturated rings. The summed E-state index contributed by atoms with van der Waals surface area (Å²) in [5.41, 5.74) is 2.51. The molecule has 2 aromatic carbocycles. The van der Waals surface area contributed by atoms with Crippen LogP contribution in [0.5, 0.6) is 5.75 Å². The summed E-state index contributed by atoms with van der Waals surface area (Å²) in [6.45, 7) is 2.49. The Morgan fingerprint density at radius 1 is 1.19 bits per heavy atom. The van der Waals surface area contributed by atoms with Gasteiger partial charge in [0.1, 0.15) is 0 Å². The summed E-state index contributed by atoms with van der Waals surface area (Å²) in [7, 11) is 3.09. The number of amides is 1. The minimum absolute atomic E-state index is 0.132. The van der Waals surface area contributed by atoms with E-state index in [1.54, 1.807) is 18.0 Å². The lowest BCUT2D eigenvalue weighted by Crippen LogP contribution is -2.26. The third-order valence-corrected chi connectivity index (χ3v) is 3.29. The van der Waals surface area contributed by atoms with Gasteiger partial charge in [-0.25, -0.2) is 4.39 Å². The summed E-state index contributed by atoms with van der Waals surface area (Å²) in [6.07, 6.45) is 0. The smallest absolute Gasteiger partial charge is 0.254 e. The molecule has 0 aliphatic carbocycles. The molecule has 0 atom stereocenters. The SMILES string of the molecule is COc1ccc(C(=O)N(C)Cc2ccc(C)cc2)cc1F. The van der Waals surface area contributed by atoms with Gasteiger partial charge in [-0.1, -0.05) is 29.8 Å². The quantitative estimate of drug-likeness (QED) is 0.862. The van der Waals surface area contributed by atoms with Crippen molar-refractivity contribution in [3.8, 4) is 5.75 Å². The van der Waals surface area contributed by atoms with Crippen molar-refractivity contribution in [3.05, 3.63) is 65.0 Å². The molecule has 21 heavy (non-hydrogen) atoms. The van der Waals surface area contributed by atoms with Gasteiger partial charge in [-0.05, 0) is 30.7 Å². The molecule has 0 spiro atoms. The van der Waals surface area contributed by atoms with Crippen LogP contribution < -0.4 is 4.74 Å². The van der Waals surface area contributed by atoms with Crippen molar-refractivity contribution < 1.29 is 13.9 Å². The Bertz CT molecular complexity index is 638. The fourth-order valence-corrected chi connectivity index (χ4v) is 2.06. The van der Waals surface area contributed by atoms with Crippen molar-refractivity contribution in [1.29, 1.82) is 0 Å². The summed E-state index contributed by atoms with van der Waals surface area (Å²) in [5, 5.41) is 0. The number of carbonyl (C=O) groups excluding carboxylic acids is 1. The van der Waals surface area contributed by atoms with Crippen molar-refractivity contribution in [3.63, 3.8) is 0 Å². The lowest BCUT2D eigenvalue weighted by atomic mass is 10.1. The van der Waals surface area contributed by atoms with Gasteiger partial charge in [0.2, 0.25) is 0 Å². The van der Waals surface area contributed by atoms with Crippen LogP contribution in [0, 0.1) is 12.7 Å². The highest BCUT2D eigenvalue weighted by molar-refractivity contribution is 5.94. The predicted molar refractivity (Wildman–Crippen MR) is 79.9 cm³/mol. The molecule has 110 valence electrons. The number of rotatable bonds is 4. The van der Waals surface area contributed by atoms with E-state index in [9.17, 15) is 9.18 Å². The Labute approximate surface area is 124 Å². The number of nitrogens with zero attached hydrogens (tertiary/aromatic N) is 1. The number of benzene rings is 2. The Hall–Kier alpha value is -2.36. The second-order valence-corrected chi connectivity index (χ2v) is 5.00. The van der Waals surface area contributed by atoms with Gasteiger partial charge in [0.05, 0.1) is 7.11 Å². The monoisotopic (exact) mass is 287 g/mol. The maximum Gasteiger partial charge on any atom is 0.254 e.